The maximum Gasteiger partial charge on any atom is 0.257 e. The van der Waals surface area contributed by atoms with E-state index in [1.54, 1.807) is 26.4 Å². The van der Waals surface area contributed by atoms with Crippen molar-refractivity contribution < 1.29 is 9.53 Å². The van der Waals surface area contributed by atoms with Crippen molar-refractivity contribution in [1.82, 2.24) is 9.88 Å². The highest BCUT2D eigenvalue weighted by Crippen LogP contribution is 2.33. The molecule has 2 rings (SSSR count). The smallest absolute Gasteiger partial charge is 0.257 e. The van der Waals surface area contributed by atoms with Crippen LogP contribution in [0.5, 0.6) is 5.75 Å². The Labute approximate surface area is 103 Å². The number of hydrogen-bond acceptors (Lipinski definition) is 3. The van der Waals surface area contributed by atoms with E-state index in [1.807, 2.05) is 0 Å². The van der Waals surface area contributed by atoms with Gasteiger partial charge in [0.1, 0.15) is 4.60 Å². The first kappa shape index (κ1) is 11.4. The molecule has 1 aromatic heterocycles. The summed E-state index contributed by atoms with van der Waals surface area (Å²) in [5.74, 6) is 0.488. The molecular weight excluding hydrogens is 272 g/mol. The van der Waals surface area contributed by atoms with Crippen molar-refractivity contribution in [3.8, 4) is 5.75 Å². The zero-order chi connectivity index (χ0) is 11.7. The number of carbonyl (C=O) groups excluding carboxylic acids is 1. The summed E-state index contributed by atoms with van der Waals surface area (Å²) in [5.41, 5.74) is 0.554. The molecule has 0 aromatic carbocycles. The van der Waals surface area contributed by atoms with E-state index >= 15 is 0 Å². The predicted octanol–water partition coefficient (Wildman–Crippen LogP) is 2.09. The molecule has 1 amide bonds. The Balaban J connectivity index is 2.34. The quantitative estimate of drug-likeness (QED) is 0.799. The topological polar surface area (TPSA) is 42.4 Å². The van der Waals surface area contributed by atoms with Gasteiger partial charge in [0.25, 0.3) is 5.91 Å². The number of aromatic nitrogens is 1. The maximum absolute atomic E-state index is 11.9. The molecule has 1 fully saturated rings. The Hall–Kier alpha value is -1.10. The van der Waals surface area contributed by atoms with E-state index in [-0.39, 0.29) is 12.0 Å². The van der Waals surface area contributed by atoms with E-state index < -0.39 is 0 Å². The highest BCUT2D eigenvalue weighted by molar-refractivity contribution is 9.10. The van der Waals surface area contributed by atoms with Gasteiger partial charge in [0, 0.05) is 20.3 Å². The Morgan fingerprint density at radius 3 is 2.81 bits per heavy atom. The van der Waals surface area contributed by atoms with Crippen molar-refractivity contribution in [2.75, 3.05) is 14.1 Å². The van der Waals surface area contributed by atoms with Crippen LogP contribution in [-0.2, 0) is 0 Å². The highest BCUT2D eigenvalue weighted by Gasteiger charge is 2.27. The first-order valence-electron chi connectivity index (χ1n) is 5.12. The van der Waals surface area contributed by atoms with Gasteiger partial charge in [0.05, 0.1) is 11.7 Å². The van der Waals surface area contributed by atoms with Crippen molar-refractivity contribution >= 4 is 21.8 Å². The highest BCUT2D eigenvalue weighted by atomic mass is 79.9. The van der Waals surface area contributed by atoms with E-state index in [9.17, 15) is 4.79 Å². The van der Waals surface area contributed by atoms with Gasteiger partial charge in [-0.15, -0.1) is 0 Å². The number of halogens is 1. The zero-order valence-electron chi connectivity index (χ0n) is 9.24. The van der Waals surface area contributed by atoms with Gasteiger partial charge >= 0.3 is 0 Å². The van der Waals surface area contributed by atoms with Crippen molar-refractivity contribution in [2.24, 2.45) is 0 Å². The lowest BCUT2D eigenvalue weighted by atomic mass is 10.2. The van der Waals surface area contributed by atoms with Gasteiger partial charge < -0.3 is 9.64 Å². The summed E-state index contributed by atoms with van der Waals surface area (Å²) >= 11 is 3.31. The second kappa shape index (κ2) is 4.41. The molecule has 5 heteroatoms. The number of nitrogens with zero attached hydrogens (tertiary/aromatic N) is 2. The molecular formula is C11H13BrN2O2. The van der Waals surface area contributed by atoms with Crippen LogP contribution in [0.3, 0.4) is 0 Å². The van der Waals surface area contributed by atoms with Crippen molar-refractivity contribution in [2.45, 2.75) is 18.9 Å². The minimum Gasteiger partial charge on any atom is -0.487 e. The molecule has 1 heterocycles. The third-order valence-corrected chi connectivity index (χ3v) is 2.87. The van der Waals surface area contributed by atoms with Crippen molar-refractivity contribution in [3.63, 3.8) is 0 Å². The Morgan fingerprint density at radius 2 is 2.25 bits per heavy atom. The molecule has 1 aliphatic rings. The SMILES string of the molecule is CN(C)C(=O)c1ccnc(Br)c1OC1CC1. The van der Waals surface area contributed by atoms with Crippen molar-refractivity contribution in [1.29, 1.82) is 0 Å². The molecule has 1 aromatic rings. The maximum atomic E-state index is 11.9. The molecule has 4 nitrogen and oxygen atoms in total. The van der Waals surface area contributed by atoms with Gasteiger partial charge in [-0.25, -0.2) is 4.98 Å². The summed E-state index contributed by atoms with van der Waals surface area (Å²) in [7, 11) is 3.44. The fourth-order valence-electron chi connectivity index (χ4n) is 1.30. The molecule has 0 bridgehead atoms. The second-order valence-corrected chi connectivity index (χ2v) is 4.75. The number of amides is 1. The third-order valence-electron chi connectivity index (χ3n) is 2.31. The lowest BCUT2D eigenvalue weighted by Crippen LogP contribution is -2.22. The van der Waals surface area contributed by atoms with E-state index in [1.165, 1.54) is 4.90 Å². The molecule has 16 heavy (non-hydrogen) atoms. The third kappa shape index (κ3) is 2.35. The summed E-state index contributed by atoms with van der Waals surface area (Å²) in [5, 5.41) is 0. The Kier molecular flexibility index (Phi) is 3.14. The molecule has 0 unspecified atom stereocenters. The van der Waals surface area contributed by atoms with Crippen LogP contribution in [0.1, 0.15) is 23.2 Å². The number of ether oxygens (including phenoxy) is 1. The fourth-order valence-corrected chi connectivity index (χ4v) is 1.72. The van der Waals surface area contributed by atoms with Crippen LogP contribution in [0.2, 0.25) is 0 Å². The zero-order valence-corrected chi connectivity index (χ0v) is 10.8. The van der Waals surface area contributed by atoms with Gasteiger partial charge in [0.2, 0.25) is 0 Å². The number of rotatable bonds is 3. The first-order valence-corrected chi connectivity index (χ1v) is 5.91. The van der Waals surface area contributed by atoms with Gasteiger partial charge in [-0.1, -0.05) is 0 Å². The van der Waals surface area contributed by atoms with E-state index in [2.05, 4.69) is 20.9 Å². The number of pyridine rings is 1. The standard InChI is InChI=1S/C11H13BrN2O2/c1-14(2)11(15)8-5-6-13-10(12)9(8)16-7-3-4-7/h5-7H,3-4H2,1-2H3. The number of carbonyl (C=O) groups is 1. The van der Waals surface area contributed by atoms with Crippen LogP contribution >= 0.6 is 15.9 Å². The fraction of sp³-hybridized carbons (Fsp3) is 0.455. The van der Waals surface area contributed by atoms with Gasteiger partial charge in [0.15, 0.2) is 5.75 Å². The van der Waals surface area contributed by atoms with Gasteiger partial charge in [-0.2, -0.15) is 0 Å². The van der Waals surface area contributed by atoms with Crippen LogP contribution in [0, 0.1) is 0 Å². The van der Waals surface area contributed by atoms with Crippen LogP contribution < -0.4 is 4.74 Å². The average molecular weight is 285 g/mol. The second-order valence-electron chi connectivity index (χ2n) is 4.00. The summed E-state index contributed by atoms with van der Waals surface area (Å²) in [6.45, 7) is 0. The lowest BCUT2D eigenvalue weighted by Gasteiger charge is -2.15. The normalized spacial score (nSPS) is 14.7. The van der Waals surface area contributed by atoms with Crippen molar-refractivity contribution in [3.05, 3.63) is 22.4 Å². The molecule has 0 radical (unpaired) electrons. The van der Waals surface area contributed by atoms with E-state index in [0.29, 0.717) is 15.9 Å². The minimum absolute atomic E-state index is 0.0706. The molecule has 0 spiro atoms. The number of hydrogen-bond donors (Lipinski definition) is 0. The molecule has 0 atom stereocenters. The molecule has 0 N–H and O–H groups in total. The summed E-state index contributed by atoms with van der Waals surface area (Å²) < 4.78 is 6.29. The van der Waals surface area contributed by atoms with Crippen LogP contribution in [0.4, 0.5) is 0 Å². The molecule has 1 aliphatic carbocycles. The predicted molar refractivity (Wildman–Crippen MR) is 63.6 cm³/mol. The Bertz CT molecular complexity index is 416. The van der Waals surface area contributed by atoms with E-state index in [0.717, 1.165) is 12.8 Å². The molecule has 86 valence electrons. The minimum atomic E-state index is -0.0706. The summed E-state index contributed by atoms with van der Waals surface area (Å²) in [6, 6.07) is 1.69. The van der Waals surface area contributed by atoms with Gasteiger partial charge in [-0.3, -0.25) is 4.79 Å². The lowest BCUT2D eigenvalue weighted by molar-refractivity contribution is 0.0822. The van der Waals surface area contributed by atoms with Gasteiger partial charge in [-0.05, 0) is 34.8 Å². The molecule has 0 saturated heterocycles. The largest absolute Gasteiger partial charge is 0.487 e. The summed E-state index contributed by atoms with van der Waals surface area (Å²) in [6.07, 6.45) is 3.95. The molecule has 0 aliphatic heterocycles. The van der Waals surface area contributed by atoms with Crippen LogP contribution in [0.25, 0.3) is 0 Å². The monoisotopic (exact) mass is 284 g/mol. The van der Waals surface area contributed by atoms with Crippen LogP contribution in [-0.4, -0.2) is 36.0 Å². The average Bonchev–Trinajstić information content (AvgIpc) is 3.03. The van der Waals surface area contributed by atoms with Crippen LogP contribution in [0.15, 0.2) is 16.9 Å². The Morgan fingerprint density at radius 1 is 1.56 bits per heavy atom. The first-order chi connectivity index (χ1) is 7.59. The molecule has 1 saturated carbocycles. The van der Waals surface area contributed by atoms with E-state index in [4.69, 9.17) is 4.74 Å². The summed E-state index contributed by atoms with van der Waals surface area (Å²) in [4.78, 5) is 17.5.